The topological polar surface area (TPSA) is 55.1 Å². The van der Waals surface area contributed by atoms with Crippen molar-refractivity contribution in [3.8, 4) is 0 Å². The third-order valence-corrected chi connectivity index (χ3v) is 2.27. The second-order valence-corrected chi connectivity index (χ2v) is 3.81. The number of carbonyl (C=O) groups excluding carboxylic acids is 1. The van der Waals surface area contributed by atoms with Gasteiger partial charge in [0.05, 0.1) is 6.04 Å². The number of hydrogen-bond donors (Lipinski definition) is 2. The fraction of sp³-hybridized carbons (Fsp3) is 0.417. The van der Waals surface area contributed by atoms with Crippen LogP contribution in [-0.4, -0.2) is 18.5 Å². The second kappa shape index (κ2) is 6.23. The van der Waals surface area contributed by atoms with Crippen LogP contribution in [0.1, 0.15) is 18.9 Å². The Morgan fingerprint density at radius 3 is 2.62 bits per heavy atom. The highest BCUT2D eigenvalue weighted by Gasteiger charge is 2.05. The molecule has 1 rings (SSSR count). The molecule has 0 aliphatic rings. The maximum Gasteiger partial charge on any atom is 0.236 e. The van der Waals surface area contributed by atoms with Crippen molar-refractivity contribution in [3.63, 3.8) is 0 Å². The van der Waals surface area contributed by atoms with Crippen molar-refractivity contribution >= 4 is 5.91 Å². The van der Waals surface area contributed by atoms with Gasteiger partial charge in [-0.1, -0.05) is 12.1 Å². The molecule has 1 aromatic rings. The largest absolute Gasteiger partial charge is 0.355 e. The summed E-state index contributed by atoms with van der Waals surface area (Å²) in [7, 11) is 0. The Morgan fingerprint density at radius 2 is 2.06 bits per heavy atom. The Balaban J connectivity index is 2.21. The summed E-state index contributed by atoms with van der Waals surface area (Å²) >= 11 is 0. The first-order valence-corrected chi connectivity index (χ1v) is 5.37. The van der Waals surface area contributed by atoms with Crippen LogP contribution in [0.5, 0.6) is 0 Å². The monoisotopic (exact) mass is 224 g/mol. The normalized spacial score (nSPS) is 12.2. The van der Waals surface area contributed by atoms with Gasteiger partial charge in [-0.3, -0.25) is 4.79 Å². The lowest BCUT2D eigenvalue weighted by atomic mass is 10.1. The highest BCUT2D eigenvalue weighted by Crippen LogP contribution is 2.04. The molecule has 4 heteroatoms. The van der Waals surface area contributed by atoms with Gasteiger partial charge in [-0.25, -0.2) is 4.39 Å². The molecule has 16 heavy (non-hydrogen) atoms. The molecule has 3 nitrogen and oxygen atoms in total. The van der Waals surface area contributed by atoms with E-state index < -0.39 is 6.04 Å². The van der Waals surface area contributed by atoms with Gasteiger partial charge in [0.1, 0.15) is 5.82 Å². The van der Waals surface area contributed by atoms with Crippen molar-refractivity contribution in [1.82, 2.24) is 5.32 Å². The molecule has 3 N–H and O–H groups in total. The van der Waals surface area contributed by atoms with Gasteiger partial charge in [0.2, 0.25) is 5.91 Å². The minimum atomic E-state index is -0.467. The minimum Gasteiger partial charge on any atom is -0.355 e. The van der Waals surface area contributed by atoms with Crippen molar-refractivity contribution in [2.45, 2.75) is 25.8 Å². The molecule has 1 amide bonds. The number of nitrogens with one attached hydrogen (secondary N) is 1. The number of nitrogens with two attached hydrogens (primary N) is 1. The summed E-state index contributed by atoms with van der Waals surface area (Å²) in [5, 5.41) is 2.73. The summed E-state index contributed by atoms with van der Waals surface area (Å²) in [5.74, 6) is -0.367. The van der Waals surface area contributed by atoms with E-state index in [9.17, 15) is 9.18 Å². The Labute approximate surface area is 94.8 Å². The summed E-state index contributed by atoms with van der Waals surface area (Å²) in [6, 6.07) is 5.92. The third kappa shape index (κ3) is 4.40. The second-order valence-electron chi connectivity index (χ2n) is 3.81. The molecule has 1 unspecified atom stereocenters. The molecule has 1 aromatic carbocycles. The first-order chi connectivity index (χ1) is 7.59. The first kappa shape index (κ1) is 12.6. The van der Waals surface area contributed by atoms with Gasteiger partial charge in [0.15, 0.2) is 0 Å². The molecule has 0 saturated carbocycles. The molecule has 0 bridgehead atoms. The number of carbonyl (C=O) groups is 1. The van der Waals surface area contributed by atoms with E-state index in [1.165, 1.54) is 12.1 Å². The summed E-state index contributed by atoms with van der Waals surface area (Å²) in [6.45, 7) is 2.24. The SMILES string of the molecule is CC(N)C(=O)NCCCc1ccc(F)cc1. The Kier molecular flexibility index (Phi) is 4.92. The number of amides is 1. The smallest absolute Gasteiger partial charge is 0.236 e. The molecule has 0 spiro atoms. The predicted molar refractivity (Wildman–Crippen MR) is 61.4 cm³/mol. The standard InChI is InChI=1S/C12H17FN2O/c1-9(14)12(16)15-8-2-3-10-4-6-11(13)7-5-10/h4-7,9H,2-3,8,14H2,1H3,(H,15,16). The fourth-order valence-corrected chi connectivity index (χ4v) is 1.32. The first-order valence-electron chi connectivity index (χ1n) is 5.37. The van der Waals surface area contributed by atoms with Crippen LogP contribution >= 0.6 is 0 Å². The van der Waals surface area contributed by atoms with Gasteiger partial charge >= 0.3 is 0 Å². The molecule has 0 aliphatic carbocycles. The van der Waals surface area contributed by atoms with Crippen LogP contribution in [0.25, 0.3) is 0 Å². The molecule has 0 radical (unpaired) electrons. The van der Waals surface area contributed by atoms with Crippen LogP contribution in [0.15, 0.2) is 24.3 Å². The maximum absolute atomic E-state index is 12.6. The van der Waals surface area contributed by atoms with E-state index in [2.05, 4.69) is 5.32 Å². The van der Waals surface area contributed by atoms with E-state index in [0.717, 1.165) is 18.4 Å². The number of aryl methyl sites for hydroxylation is 1. The van der Waals surface area contributed by atoms with Gasteiger partial charge in [0, 0.05) is 6.54 Å². The van der Waals surface area contributed by atoms with Gasteiger partial charge in [0.25, 0.3) is 0 Å². The van der Waals surface area contributed by atoms with Crippen LogP contribution < -0.4 is 11.1 Å². The molecule has 0 aromatic heterocycles. The van der Waals surface area contributed by atoms with E-state index in [1.54, 1.807) is 19.1 Å². The van der Waals surface area contributed by atoms with E-state index in [0.29, 0.717) is 6.54 Å². The Bertz CT molecular complexity index is 335. The highest BCUT2D eigenvalue weighted by molar-refractivity contribution is 5.80. The molecule has 0 fully saturated rings. The van der Waals surface area contributed by atoms with Crippen LogP contribution in [0.4, 0.5) is 4.39 Å². The average Bonchev–Trinajstić information content (AvgIpc) is 2.26. The molecule has 88 valence electrons. The van der Waals surface area contributed by atoms with Crippen molar-refractivity contribution < 1.29 is 9.18 Å². The van der Waals surface area contributed by atoms with Crippen molar-refractivity contribution in [2.24, 2.45) is 5.73 Å². The van der Waals surface area contributed by atoms with Crippen LogP contribution in [0.2, 0.25) is 0 Å². The molecule has 0 aliphatic heterocycles. The number of benzene rings is 1. The lowest BCUT2D eigenvalue weighted by Crippen LogP contribution is -2.38. The lowest BCUT2D eigenvalue weighted by Gasteiger charge is -2.07. The molecule has 0 saturated heterocycles. The van der Waals surface area contributed by atoms with Crippen molar-refractivity contribution in [1.29, 1.82) is 0 Å². The Morgan fingerprint density at radius 1 is 1.44 bits per heavy atom. The molecule has 0 heterocycles. The molecular formula is C12H17FN2O. The van der Waals surface area contributed by atoms with Crippen molar-refractivity contribution in [2.75, 3.05) is 6.54 Å². The number of rotatable bonds is 5. The zero-order valence-corrected chi connectivity index (χ0v) is 9.37. The average molecular weight is 224 g/mol. The van der Waals surface area contributed by atoms with Gasteiger partial charge in [-0.05, 0) is 37.5 Å². The predicted octanol–water partition coefficient (Wildman–Crippen LogP) is 1.22. The van der Waals surface area contributed by atoms with E-state index in [1.807, 2.05) is 0 Å². The molecular weight excluding hydrogens is 207 g/mol. The van der Waals surface area contributed by atoms with Gasteiger partial charge in [-0.15, -0.1) is 0 Å². The highest BCUT2D eigenvalue weighted by atomic mass is 19.1. The number of halogens is 1. The maximum atomic E-state index is 12.6. The van der Waals surface area contributed by atoms with Crippen LogP contribution in [0.3, 0.4) is 0 Å². The van der Waals surface area contributed by atoms with Gasteiger partial charge in [-0.2, -0.15) is 0 Å². The molecule has 1 atom stereocenters. The van der Waals surface area contributed by atoms with E-state index in [-0.39, 0.29) is 11.7 Å². The quantitative estimate of drug-likeness (QED) is 0.739. The van der Waals surface area contributed by atoms with E-state index in [4.69, 9.17) is 5.73 Å². The third-order valence-electron chi connectivity index (χ3n) is 2.27. The van der Waals surface area contributed by atoms with Crippen LogP contribution in [0, 0.1) is 5.82 Å². The van der Waals surface area contributed by atoms with Gasteiger partial charge < -0.3 is 11.1 Å². The summed E-state index contributed by atoms with van der Waals surface area (Å²) < 4.78 is 12.6. The number of hydrogen-bond acceptors (Lipinski definition) is 2. The summed E-state index contributed by atoms with van der Waals surface area (Å²) in [5.41, 5.74) is 6.46. The summed E-state index contributed by atoms with van der Waals surface area (Å²) in [4.78, 5) is 11.1. The lowest BCUT2D eigenvalue weighted by molar-refractivity contribution is -0.121. The Hall–Kier alpha value is -1.42. The van der Waals surface area contributed by atoms with Crippen LogP contribution in [-0.2, 0) is 11.2 Å². The fourth-order valence-electron chi connectivity index (χ4n) is 1.32. The summed E-state index contributed by atoms with van der Waals surface area (Å²) in [6.07, 6.45) is 1.64. The van der Waals surface area contributed by atoms with E-state index >= 15 is 0 Å². The zero-order chi connectivity index (χ0) is 12.0. The zero-order valence-electron chi connectivity index (χ0n) is 9.37. The van der Waals surface area contributed by atoms with Crippen molar-refractivity contribution in [3.05, 3.63) is 35.6 Å². The minimum absolute atomic E-state index is 0.140.